The number of carbonyl (C=O) groups is 3. The Morgan fingerprint density at radius 3 is 2.48 bits per heavy atom. The minimum atomic E-state index is -0.989. The summed E-state index contributed by atoms with van der Waals surface area (Å²) < 4.78 is 6.46. The van der Waals surface area contributed by atoms with E-state index in [1.807, 2.05) is 38.1 Å². The number of hydrogen-bond acceptors (Lipinski definition) is 4. The average Bonchev–Trinajstić information content (AvgIpc) is 2.87. The molecule has 1 N–H and O–H groups in total. The van der Waals surface area contributed by atoms with E-state index in [2.05, 4.69) is 27.8 Å². The van der Waals surface area contributed by atoms with Crippen molar-refractivity contribution in [3.05, 3.63) is 47.0 Å². The van der Waals surface area contributed by atoms with Gasteiger partial charge in [-0.05, 0) is 23.6 Å². The molecule has 2 unspecified atom stereocenters. The Morgan fingerprint density at radius 1 is 1.36 bits per heavy atom. The van der Waals surface area contributed by atoms with Gasteiger partial charge >= 0.3 is 12.0 Å². The number of ether oxygens (including phenoxy) is 1. The van der Waals surface area contributed by atoms with Crippen molar-refractivity contribution in [1.29, 1.82) is 0 Å². The molecular weight excluding hydrogens is 388 g/mol. The third kappa shape index (κ3) is 4.48. The molecule has 0 bridgehead atoms. The van der Waals surface area contributed by atoms with Crippen LogP contribution >= 0.6 is 15.9 Å². The molecule has 3 amide bonds. The highest BCUT2D eigenvalue weighted by atomic mass is 79.9. The predicted octanol–water partition coefficient (Wildman–Crippen LogP) is 3.19. The van der Waals surface area contributed by atoms with Gasteiger partial charge in [0.25, 0.3) is 5.91 Å². The second-order valence-electron chi connectivity index (χ2n) is 6.11. The molecule has 1 aromatic rings. The zero-order valence-corrected chi connectivity index (χ0v) is 15.8. The summed E-state index contributed by atoms with van der Waals surface area (Å²) in [5.41, 5.74) is 0.817. The molecule has 1 aliphatic rings. The number of nitrogens with one attached hydrogen (secondary N) is 1. The molecule has 6 nitrogen and oxygen atoms in total. The highest BCUT2D eigenvalue weighted by Crippen LogP contribution is 2.28. The van der Waals surface area contributed by atoms with Gasteiger partial charge in [-0.25, -0.2) is 9.69 Å². The van der Waals surface area contributed by atoms with Crippen molar-refractivity contribution in [2.24, 2.45) is 5.92 Å². The van der Waals surface area contributed by atoms with Crippen molar-refractivity contribution in [3.63, 3.8) is 0 Å². The van der Waals surface area contributed by atoms with Crippen molar-refractivity contribution in [3.8, 4) is 0 Å². The maximum atomic E-state index is 12.8. The summed E-state index contributed by atoms with van der Waals surface area (Å²) >= 11 is 3.37. The van der Waals surface area contributed by atoms with E-state index in [9.17, 15) is 14.4 Å². The Hall–Kier alpha value is -2.15. The topological polar surface area (TPSA) is 75.7 Å². The summed E-state index contributed by atoms with van der Waals surface area (Å²) in [4.78, 5) is 37.5. The van der Waals surface area contributed by atoms with Crippen LogP contribution in [-0.2, 0) is 14.3 Å². The quantitative estimate of drug-likeness (QED) is 0.427. The van der Waals surface area contributed by atoms with Gasteiger partial charge in [-0.2, -0.15) is 0 Å². The SMILES string of the molecule is C=CCC(OC(=O)C(c1ccc(Br)cc1)C(C)C)N1C(=O)CNC1=O. The molecule has 7 heteroatoms. The zero-order chi connectivity index (χ0) is 18.6. The van der Waals surface area contributed by atoms with E-state index in [1.165, 1.54) is 6.08 Å². The molecule has 25 heavy (non-hydrogen) atoms. The lowest BCUT2D eigenvalue weighted by Gasteiger charge is -2.27. The lowest BCUT2D eigenvalue weighted by atomic mass is 9.88. The number of amides is 3. The minimum absolute atomic E-state index is 0.0128. The van der Waals surface area contributed by atoms with Crippen LogP contribution in [-0.4, -0.2) is 35.6 Å². The third-order valence-electron chi connectivity index (χ3n) is 3.94. The monoisotopic (exact) mass is 408 g/mol. The van der Waals surface area contributed by atoms with Gasteiger partial charge < -0.3 is 10.1 Å². The lowest BCUT2D eigenvalue weighted by molar-refractivity contribution is -0.161. The van der Waals surface area contributed by atoms with Gasteiger partial charge in [0, 0.05) is 10.9 Å². The third-order valence-corrected chi connectivity index (χ3v) is 4.47. The number of hydrogen-bond donors (Lipinski definition) is 1. The van der Waals surface area contributed by atoms with Gasteiger partial charge in [0.05, 0.1) is 12.5 Å². The Morgan fingerprint density at radius 2 is 2.00 bits per heavy atom. The average molecular weight is 409 g/mol. The Bertz CT molecular complexity index is 656. The normalized spacial score (nSPS) is 16.6. The first-order valence-electron chi connectivity index (χ1n) is 8.02. The molecule has 1 saturated heterocycles. The summed E-state index contributed by atoms with van der Waals surface area (Å²) in [5, 5.41) is 2.43. The van der Waals surface area contributed by atoms with Crippen molar-refractivity contribution in [2.75, 3.05) is 6.54 Å². The number of urea groups is 1. The van der Waals surface area contributed by atoms with Crippen LogP contribution in [0.15, 0.2) is 41.4 Å². The molecular formula is C18H21BrN2O4. The molecule has 1 aliphatic heterocycles. The second-order valence-corrected chi connectivity index (χ2v) is 7.03. The lowest BCUT2D eigenvalue weighted by Crippen LogP contribution is -2.44. The molecule has 0 spiro atoms. The van der Waals surface area contributed by atoms with Gasteiger partial charge in [0.2, 0.25) is 0 Å². The number of imide groups is 1. The highest BCUT2D eigenvalue weighted by Gasteiger charge is 2.38. The molecule has 1 heterocycles. The number of benzene rings is 1. The number of esters is 1. The fourth-order valence-corrected chi connectivity index (χ4v) is 3.01. The zero-order valence-electron chi connectivity index (χ0n) is 14.2. The van der Waals surface area contributed by atoms with Gasteiger partial charge in [-0.3, -0.25) is 9.59 Å². The first kappa shape index (κ1) is 19.2. The number of carbonyl (C=O) groups excluding carboxylic acids is 3. The van der Waals surface area contributed by atoms with Crippen molar-refractivity contribution >= 4 is 33.8 Å². The van der Waals surface area contributed by atoms with E-state index in [1.54, 1.807) is 0 Å². The molecule has 0 aromatic heterocycles. The summed E-state index contributed by atoms with van der Waals surface area (Å²) in [5.74, 6) is -1.41. The van der Waals surface area contributed by atoms with E-state index in [0.717, 1.165) is 14.9 Å². The van der Waals surface area contributed by atoms with Gasteiger partial charge in [0.15, 0.2) is 6.23 Å². The molecule has 1 fully saturated rings. The smallest absolute Gasteiger partial charge is 0.327 e. The number of nitrogens with zero attached hydrogens (tertiary/aromatic N) is 1. The van der Waals surface area contributed by atoms with Gasteiger partial charge in [0.1, 0.15) is 0 Å². The predicted molar refractivity (Wildman–Crippen MR) is 96.7 cm³/mol. The minimum Gasteiger partial charge on any atom is -0.440 e. The summed E-state index contributed by atoms with van der Waals surface area (Å²) in [7, 11) is 0. The molecule has 2 rings (SSSR count). The number of rotatable bonds is 7. The summed E-state index contributed by atoms with van der Waals surface area (Å²) in [6.45, 7) is 7.36. The van der Waals surface area contributed by atoms with Crippen LogP contribution in [0.2, 0.25) is 0 Å². The Labute approximate surface area is 155 Å². The summed E-state index contributed by atoms with van der Waals surface area (Å²) in [6, 6.07) is 6.86. The van der Waals surface area contributed by atoms with Crippen molar-refractivity contribution in [1.82, 2.24) is 10.2 Å². The van der Waals surface area contributed by atoms with E-state index in [-0.39, 0.29) is 18.9 Å². The van der Waals surface area contributed by atoms with E-state index < -0.39 is 30.1 Å². The fraction of sp³-hybridized carbons (Fsp3) is 0.389. The van der Waals surface area contributed by atoms with Crippen LogP contribution in [0.1, 0.15) is 31.7 Å². The Kier molecular flexibility index (Phi) is 6.36. The first-order valence-corrected chi connectivity index (χ1v) is 8.81. The van der Waals surface area contributed by atoms with E-state index >= 15 is 0 Å². The van der Waals surface area contributed by atoms with Gasteiger partial charge in [-0.1, -0.05) is 48.0 Å². The maximum absolute atomic E-state index is 12.8. The van der Waals surface area contributed by atoms with Crippen LogP contribution < -0.4 is 5.32 Å². The second kappa shape index (κ2) is 8.29. The highest BCUT2D eigenvalue weighted by molar-refractivity contribution is 9.10. The van der Waals surface area contributed by atoms with Crippen LogP contribution in [0.5, 0.6) is 0 Å². The fourth-order valence-electron chi connectivity index (χ4n) is 2.75. The molecule has 0 radical (unpaired) electrons. The molecule has 2 atom stereocenters. The van der Waals surface area contributed by atoms with E-state index in [4.69, 9.17) is 4.74 Å². The van der Waals surface area contributed by atoms with Gasteiger partial charge in [-0.15, -0.1) is 6.58 Å². The first-order chi connectivity index (χ1) is 11.8. The molecule has 134 valence electrons. The molecule has 0 aliphatic carbocycles. The molecule has 0 saturated carbocycles. The van der Waals surface area contributed by atoms with Crippen molar-refractivity contribution < 1.29 is 19.1 Å². The van der Waals surface area contributed by atoms with Crippen LogP contribution in [0, 0.1) is 5.92 Å². The van der Waals surface area contributed by atoms with Crippen molar-refractivity contribution in [2.45, 2.75) is 32.4 Å². The van der Waals surface area contributed by atoms with Crippen LogP contribution in [0.4, 0.5) is 4.79 Å². The standard InChI is InChI=1S/C18H21BrN2O4/c1-4-5-15(21-14(22)10-20-18(21)24)25-17(23)16(11(2)3)12-6-8-13(19)9-7-12/h4,6-9,11,15-16H,1,5,10H2,2-3H3,(H,20,24). The van der Waals surface area contributed by atoms with Crippen LogP contribution in [0.3, 0.4) is 0 Å². The maximum Gasteiger partial charge on any atom is 0.327 e. The van der Waals surface area contributed by atoms with Crippen LogP contribution in [0.25, 0.3) is 0 Å². The molecule has 1 aromatic carbocycles. The Balaban J connectivity index is 2.22. The largest absolute Gasteiger partial charge is 0.440 e. The number of halogens is 1. The summed E-state index contributed by atoms with van der Waals surface area (Å²) in [6.07, 6.45) is 0.702. The van der Waals surface area contributed by atoms with E-state index in [0.29, 0.717) is 0 Å².